The van der Waals surface area contributed by atoms with Gasteiger partial charge in [-0.05, 0) is 174 Å². The monoisotopic (exact) mass is 1540 g/mol. The zero-order valence-electron chi connectivity index (χ0n) is 56.0. The summed E-state index contributed by atoms with van der Waals surface area (Å²) in [7, 11) is 1.25. The molecule has 0 atom stereocenters. The van der Waals surface area contributed by atoms with E-state index in [0.717, 1.165) is 21.7 Å². The van der Waals surface area contributed by atoms with Crippen LogP contribution in [0.25, 0.3) is 51.6 Å². The number of furan rings is 4. The molecule has 0 fully saturated rings. The smallest absolute Gasteiger partial charge is 0.339 e. The standard InChI is InChI=1S/C23H19ClN2O6.C15H11FN4O2.C15H11NO2.C12H7Cl3N2O3.C8H8N6O2/c1-13-16(21(28)26(8-3-9-27)22(29)18(13)12-25)11-15-5-7-20(32-15)14-4-6-19(24)17(10-14)23(30)31-2;16-11-5-3-10(4-6-11)13-8-14(19-18-13)15(21)20-17-9-12-2-1-7-22-12;17-15-14-6-2-1-4-11(14)10-12(16-15)7-8-13-5-3-9-18-13;13-7-8(10(19)12(14,15)9(7)18)16-17-11(20)6-4-2-1-3-5-6;9-7(6-8(10)14-16-13-6)12-11-4-5-2-1-3-15-5/h4-7,10-11,27H,3,8-9H2,1-2H3;1-9H,(H,18,19)(H,20,21);1-10H,(H,16,17);1-5,16H,(H,17,20);1-4H,(H2,9,12)(H2,10,14)/b16-11-;17-9+;8-7+;;11-4+. The second-order valence-electron chi connectivity index (χ2n) is 21.9. The number of amidine groups is 1. The van der Waals surface area contributed by atoms with Gasteiger partial charge in [0.05, 0.1) is 54.6 Å². The summed E-state index contributed by atoms with van der Waals surface area (Å²) in [5, 5.41) is 44.4. The summed E-state index contributed by atoms with van der Waals surface area (Å²) in [6.07, 6.45) is 12.7. The Bertz CT molecular complexity index is 5420. The number of aromatic nitrogens is 5. The van der Waals surface area contributed by atoms with Crippen LogP contribution in [0.15, 0.2) is 246 Å². The number of imide groups is 1. The minimum absolute atomic E-state index is 0.00550. The highest BCUT2D eigenvalue weighted by atomic mass is 35.5. The van der Waals surface area contributed by atoms with E-state index in [2.05, 4.69) is 61.7 Å². The maximum absolute atomic E-state index is 12.9. The third kappa shape index (κ3) is 20.2. The summed E-state index contributed by atoms with van der Waals surface area (Å²) in [5.41, 5.74) is 21.2. The lowest BCUT2D eigenvalue weighted by Gasteiger charge is -2.27. The van der Waals surface area contributed by atoms with E-state index in [1.54, 1.807) is 103 Å². The highest BCUT2D eigenvalue weighted by molar-refractivity contribution is 6.76. The number of carbonyl (C=O) groups is 7. The SMILES string of the molecule is COC(=O)c1cc(-c2ccc(/C=C3\C(=O)N(CCCO)C(=O)C(C#N)=C3C)o2)ccc1Cl.N/C(=N\N=C\c1ccco1)c1nonc1N.O=C(N/N=C/c1ccco1)c1cc(-c2ccc(F)cc2)n[nH]1.O=C(NNC1=C(Cl)C(=O)C(Cl)(Cl)C1=O)c1ccccc1.O=c1[nH]c(/C=C/c2ccco2)cc2ccccc12. The number of amides is 4. The van der Waals surface area contributed by atoms with E-state index in [1.165, 1.54) is 63.3 Å². The average molecular weight is 1540 g/mol. The number of aliphatic hydroxyl groups is 1. The molecule has 4 aromatic carbocycles. The van der Waals surface area contributed by atoms with Gasteiger partial charge in [-0.3, -0.25) is 54.4 Å². The molecule has 30 nitrogen and oxygen atoms in total. The molecule has 0 saturated heterocycles. The summed E-state index contributed by atoms with van der Waals surface area (Å²) in [5.74, 6) is -2.32. The number of anilines is 1. The first kappa shape index (κ1) is 78.5. The number of rotatable bonds is 18. The number of nitrogen functional groups attached to an aromatic ring is 1. The Morgan fingerprint density at radius 3 is 2.09 bits per heavy atom. The van der Waals surface area contributed by atoms with Gasteiger partial charge >= 0.3 is 5.97 Å². The van der Waals surface area contributed by atoms with Gasteiger partial charge in [-0.25, -0.2) is 19.2 Å². The van der Waals surface area contributed by atoms with Crippen molar-refractivity contribution < 1.29 is 70.1 Å². The van der Waals surface area contributed by atoms with Gasteiger partial charge in [0.1, 0.15) is 62.7 Å². The van der Waals surface area contributed by atoms with E-state index < -0.39 is 50.5 Å². The molecule has 1 aliphatic carbocycles. The first-order chi connectivity index (χ1) is 52.0. The number of nitrogens with two attached hydrogens (primary N) is 2. The van der Waals surface area contributed by atoms with Gasteiger partial charge in [0.15, 0.2) is 17.3 Å². The van der Waals surface area contributed by atoms with Crippen LogP contribution in [0.2, 0.25) is 5.02 Å². The van der Waals surface area contributed by atoms with Crippen molar-refractivity contribution in [3.05, 3.63) is 276 Å². The Balaban J connectivity index is 0.000000159. The van der Waals surface area contributed by atoms with Crippen molar-refractivity contribution in [1.29, 1.82) is 5.26 Å². The number of Topliss-reactive ketones (excluding diaryl/α,β-unsaturated/α-hetero) is 2. The normalized spacial score (nSPS) is 13.7. The number of methoxy groups -OCH3 is 1. The molecule has 8 heterocycles. The Morgan fingerprint density at radius 1 is 0.778 bits per heavy atom. The maximum Gasteiger partial charge on any atom is 0.339 e. The van der Waals surface area contributed by atoms with E-state index in [0.29, 0.717) is 50.8 Å². The van der Waals surface area contributed by atoms with Crippen LogP contribution in [-0.4, -0.2) is 120 Å². The predicted molar refractivity (Wildman–Crippen MR) is 395 cm³/mol. The number of carbonyl (C=O) groups excluding carboxylic acids is 7. The number of hydrazine groups is 1. The molecule has 0 unspecified atom stereocenters. The number of nitrogens with one attached hydrogen (secondary N) is 5. The number of nitriles is 1. The molecule has 35 heteroatoms. The highest BCUT2D eigenvalue weighted by Crippen LogP contribution is 2.38. The number of nitrogens with zero attached hydrogens (tertiary/aromatic N) is 8. The van der Waals surface area contributed by atoms with E-state index in [1.807, 2.05) is 60.7 Å². The largest absolute Gasteiger partial charge is 0.465 e. The van der Waals surface area contributed by atoms with Crippen molar-refractivity contribution in [3.8, 4) is 28.7 Å². The molecule has 10 N–H and O–H groups in total. The summed E-state index contributed by atoms with van der Waals surface area (Å²) >= 11 is 22.9. The van der Waals surface area contributed by atoms with E-state index in [-0.39, 0.29) is 87.0 Å². The number of allylic oxidation sites excluding steroid dienone is 2. The van der Waals surface area contributed by atoms with Crippen molar-refractivity contribution in [2.75, 3.05) is 26.0 Å². The lowest BCUT2D eigenvalue weighted by atomic mass is 9.94. The summed E-state index contributed by atoms with van der Waals surface area (Å²) in [4.78, 5) is 99.8. The first-order valence-electron chi connectivity index (χ1n) is 31.3. The number of hydrogen-bond donors (Lipinski definition) is 8. The summed E-state index contributed by atoms with van der Waals surface area (Å²) in [6, 6.07) is 45.5. The fraction of sp³-hybridized carbons (Fsp3) is 0.0822. The minimum Gasteiger partial charge on any atom is -0.465 e. The average Bonchev–Trinajstić information content (AvgIpc) is 1.51. The van der Waals surface area contributed by atoms with Crippen LogP contribution in [0, 0.1) is 17.1 Å². The molecule has 548 valence electrons. The molecule has 13 rings (SSSR count). The number of aliphatic hydroxyl groups excluding tert-OH is 1. The van der Waals surface area contributed by atoms with Crippen LogP contribution >= 0.6 is 46.4 Å². The number of aromatic amines is 2. The van der Waals surface area contributed by atoms with Crippen molar-refractivity contribution in [2.24, 2.45) is 21.0 Å². The second-order valence-corrected chi connectivity index (χ2v) is 24.0. The number of H-pyrrole nitrogens is 2. The quantitative estimate of drug-likeness (QED) is 0.00578. The minimum atomic E-state index is -2.25. The number of esters is 1. The number of ether oxygens (including phenoxy) is 1. The number of hydrazone groups is 1. The Labute approximate surface area is 629 Å². The topological polar surface area (TPSA) is 454 Å². The molecule has 0 bridgehead atoms. The van der Waals surface area contributed by atoms with Crippen LogP contribution in [0.5, 0.6) is 0 Å². The predicted octanol–water partition coefficient (Wildman–Crippen LogP) is 10.9. The van der Waals surface area contributed by atoms with Crippen LogP contribution in [0.3, 0.4) is 0 Å². The number of ketones is 2. The molecular weight excluding hydrogens is 1490 g/mol. The molecular formula is C73H56Cl4FN15O15. The molecule has 2 aliphatic rings. The van der Waals surface area contributed by atoms with Crippen LogP contribution in [0.4, 0.5) is 10.2 Å². The third-order valence-electron chi connectivity index (χ3n) is 14.7. The maximum atomic E-state index is 12.9. The number of hydrogen-bond acceptors (Lipinski definition) is 24. The van der Waals surface area contributed by atoms with Gasteiger partial charge in [0, 0.05) is 46.5 Å². The second kappa shape index (κ2) is 37.2. The molecule has 0 saturated carbocycles. The fourth-order valence-corrected chi connectivity index (χ4v) is 10.3. The number of benzene rings is 4. The Morgan fingerprint density at radius 2 is 1.45 bits per heavy atom. The number of fused-ring (bicyclic) bond motifs is 1. The van der Waals surface area contributed by atoms with Crippen molar-refractivity contribution in [3.63, 3.8) is 0 Å². The molecule has 11 aromatic rings. The lowest BCUT2D eigenvalue weighted by Crippen LogP contribution is -2.43. The highest BCUT2D eigenvalue weighted by Gasteiger charge is 2.52. The summed E-state index contributed by atoms with van der Waals surface area (Å²) in [6.45, 7) is 1.32. The zero-order valence-corrected chi connectivity index (χ0v) is 59.1. The number of pyridine rings is 1. The molecule has 108 heavy (non-hydrogen) atoms. The van der Waals surface area contributed by atoms with Crippen molar-refractivity contribution in [1.82, 2.24) is 46.7 Å². The molecule has 0 spiro atoms. The molecule has 4 amide bonds. The van der Waals surface area contributed by atoms with Crippen LogP contribution in [0.1, 0.15) is 79.0 Å². The third-order valence-corrected chi connectivity index (χ3v) is 16.1. The van der Waals surface area contributed by atoms with E-state index in [9.17, 15) is 48.0 Å². The van der Waals surface area contributed by atoms with Gasteiger partial charge < -0.3 is 44.0 Å². The molecule has 0 radical (unpaired) electrons. The summed E-state index contributed by atoms with van der Waals surface area (Å²) < 4.78 is 40.8. The lowest BCUT2D eigenvalue weighted by molar-refractivity contribution is -0.140. The molecule has 7 aromatic heterocycles. The van der Waals surface area contributed by atoms with Crippen molar-refractivity contribution in [2.45, 2.75) is 17.7 Å². The van der Waals surface area contributed by atoms with E-state index in [4.69, 9.17) is 85.4 Å². The fourth-order valence-electron chi connectivity index (χ4n) is 9.34. The van der Waals surface area contributed by atoms with E-state index >= 15 is 0 Å². The number of alkyl halides is 2. The molecule has 1 aliphatic heterocycles. The van der Waals surface area contributed by atoms with Gasteiger partial charge in [-0.1, -0.05) is 82.8 Å². The first-order valence-corrected chi connectivity index (χ1v) is 32.8. The Hall–Kier alpha value is -13.6. The van der Waals surface area contributed by atoms with Crippen molar-refractivity contribution >= 4 is 141 Å². The van der Waals surface area contributed by atoms with Gasteiger partial charge in [-0.2, -0.15) is 20.6 Å². The van der Waals surface area contributed by atoms with Gasteiger partial charge in [-0.15, -0.1) is 5.10 Å². The van der Waals surface area contributed by atoms with Crippen LogP contribution in [-0.2, 0) is 23.9 Å². The van der Waals surface area contributed by atoms with Crippen LogP contribution < -0.4 is 33.3 Å². The number of halogens is 5. The van der Waals surface area contributed by atoms with Gasteiger partial charge in [0.2, 0.25) is 15.9 Å². The van der Waals surface area contributed by atoms with Gasteiger partial charge in [0.25, 0.3) is 29.2 Å². The zero-order chi connectivity index (χ0) is 77.4. The Kier molecular flexibility index (Phi) is 27.0.